The summed E-state index contributed by atoms with van der Waals surface area (Å²) in [6, 6.07) is 15.2. The molecule has 2 aliphatic heterocycles. The first-order chi connectivity index (χ1) is 16.9. The SMILES string of the molecule is COc1ccc(S(=O)(=O)N2CCCC(C(=O)NC(Cc3ccccc3)C(=O)N3CCCC3)C2)cc1. The average molecular weight is 500 g/mol. The Bertz CT molecular complexity index is 1120. The number of ether oxygens (including phenoxy) is 1. The number of likely N-dealkylation sites (tertiary alicyclic amines) is 1. The van der Waals surface area contributed by atoms with Crippen molar-refractivity contribution < 1.29 is 22.7 Å². The van der Waals surface area contributed by atoms with E-state index in [1.54, 1.807) is 12.1 Å². The average Bonchev–Trinajstić information content (AvgIpc) is 3.44. The number of hydrogen-bond acceptors (Lipinski definition) is 5. The summed E-state index contributed by atoms with van der Waals surface area (Å²) in [6.45, 7) is 1.86. The topological polar surface area (TPSA) is 96.0 Å². The first-order valence-electron chi connectivity index (χ1n) is 12.2. The van der Waals surface area contributed by atoms with Gasteiger partial charge in [-0.05, 0) is 55.5 Å². The number of benzene rings is 2. The van der Waals surface area contributed by atoms with E-state index in [0.717, 1.165) is 18.4 Å². The second-order valence-corrected chi connectivity index (χ2v) is 11.1. The van der Waals surface area contributed by atoms with Crippen LogP contribution >= 0.6 is 0 Å². The molecule has 2 heterocycles. The molecule has 0 spiro atoms. The second kappa shape index (κ2) is 11.2. The van der Waals surface area contributed by atoms with Gasteiger partial charge in [-0.3, -0.25) is 9.59 Å². The van der Waals surface area contributed by atoms with E-state index < -0.39 is 22.0 Å². The largest absolute Gasteiger partial charge is 0.497 e. The van der Waals surface area contributed by atoms with Crippen molar-refractivity contribution in [2.45, 2.75) is 43.0 Å². The van der Waals surface area contributed by atoms with Crippen molar-refractivity contribution in [3.8, 4) is 5.75 Å². The predicted molar refractivity (Wildman–Crippen MR) is 132 cm³/mol. The number of nitrogens with zero attached hydrogens (tertiary/aromatic N) is 2. The highest BCUT2D eigenvalue weighted by molar-refractivity contribution is 7.89. The normalized spacial score (nSPS) is 19.8. The van der Waals surface area contributed by atoms with E-state index in [1.807, 2.05) is 35.2 Å². The van der Waals surface area contributed by atoms with Crippen LogP contribution in [-0.2, 0) is 26.0 Å². The zero-order chi connectivity index (χ0) is 24.8. The van der Waals surface area contributed by atoms with Gasteiger partial charge in [-0.15, -0.1) is 0 Å². The third-order valence-electron chi connectivity index (χ3n) is 6.77. The van der Waals surface area contributed by atoms with Crippen LogP contribution in [0.4, 0.5) is 0 Å². The lowest BCUT2D eigenvalue weighted by molar-refractivity contribution is -0.137. The van der Waals surface area contributed by atoms with Crippen molar-refractivity contribution in [3.05, 3.63) is 60.2 Å². The first-order valence-corrected chi connectivity index (χ1v) is 13.6. The summed E-state index contributed by atoms with van der Waals surface area (Å²) in [5.74, 6) is -0.278. The fourth-order valence-electron chi connectivity index (χ4n) is 4.77. The Morgan fingerprint density at radius 1 is 1.00 bits per heavy atom. The summed E-state index contributed by atoms with van der Waals surface area (Å²) in [7, 11) is -2.21. The molecule has 0 radical (unpaired) electrons. The molecule has 8 nitrogen and oxygen atoms in total. The van der Waals surface area contributed by atoms with Crippen molar-refractivity contribution in [1.29, 1.82) is 0 Å². The first kappa shape index (κ1) is 25.2. The highest BCUT2D eigenvalue weighted by atomic mass is 32.2. The van der Waals surface area contributed by atoms with Crippen LogP contribution in [-0.4, -0.2) is 68.8 Å². The molecule has 2 aromatic carbocycles. The Labute approximate surface area is 207 Å². The molecule has 4 rings (SSSR count). The number of nitrogens with one attached hydrogen (secondary N) is 1. The maximum Gasteiger partial charge on any atom is 0.245 e. The fraction of sp³-hybridized carbons (Fsp3) is 0.462. The number of piperidine rings is 1. The highest BCUT2D eigenvalue weighted by Crippen LogP contribution is 2.25. The van der Waals surface area contributed by atoms with Gasteiger partial charge in [-0.2, -0.15) is 4.31 Å². The summed E-state index contributed by atoms with van der Waals surface area (Å²) in [5, 5.41) is 2.97. The minimum atomic E-state index is -3.74. The van der Waals surface area contributed by atoms with E-state index in [-0.39, 0.29) is 23.3 Å². The van der Waals surface area contributed by atoms with Crippen LogP contribution in [0.15, 0.2) is 59.5 Å². The van der Waals surface area contributed by atoms with Crippen molar-refractivity contribution in [1.82, 2.24) is 14.5 Å². The van der Waals surface area contributed by atoms with Gasteiger partial charge in [-0.25, -0.2) is 8.42 Å². The lowest BCUT2D eigenvalue weighted by Gasteiger charge is -2.32. The monoisotopic (exact) mass is 499 g/mol. The molecule has 2 aliphatic rings. The van der Waals surface area contributed by atoms with Crippen LogP contribution in [0.2, 0.25) is 0 Å². The molecular weight excluding hydrogens is 466 g/mol. The van der Waals surface area contributed by atoms with Gasteiger partial charge >= 0.3 is 0 Å². The van der Waals surface area contributed by atoms with Crippen LogP contribution in [0.1, 0.15) is 31.2 Å². The van der Waals surface area contributed by atoms with Gasteiger partial charge in [0.25, 0.3) is 0 Å². The molecule has 0 saturated carbocycles. The molecule has 2 saturated heterocycles. The zero-order valence-electron chi connectivity index (χ0n) is 20.1. The number of rotatable bonds is 8. The minimum Gasteiger partial charge on any atom is -0.497 e. The van der Waals surface area contributed by atoms with Crippen molar-refractivity contribution in [3.63, 3.8) is 0 Å². The van der Waals surface area contributed by atoms with Gasteiger partial charge in [-0.1, -0.05) is 30.3 Å². The summed E-state index contributed by atoms with van der Waals surface area (Å²) in [6.07, 6.45) is 3.51. The van der Waals surface area contributed by atoms with E-state index in [0.29, 0.717) is 44.6 Å². The smallest absolute Gasteiger partial charge is 0.245 e. The molecule has 2 amide bonds. The molecule has 2 fully saturated rings. The molecule has 35 heavy (non-hydrogen) atoms. The number of sulfonamides is 1. The number of methoxy groups -OCH3 is 1. The van der Waals surface area contributed by atoms with E-state index in [1.165, 1.54) is 23.5 Å². The molecule has 0 bridgehead atoms. The van der Waals surface area contributed by atoms with Gasteiger partial charge in [0.2, 0.25) is 21.8 Å². The number of amides is 2. The van der Waals surface area contributed by atoms with E-state index in [9.17, 15) is 18.0 Å². The summed E-state index contributed by atoms with van der Waals surface area (Å²) in [4.78, 5) is 28.5. The second-order valence-electron chi connectivity index (χ2n) is 9.16. The van der Waals surface area contributed by atoms with Crippen LogP contribution in [0.3, 0.4) is 0 Å². The quantitative estimate of drug-likeness (QED) is 0.602. The Balaban J connectivity index is 1.46. The Kier molecular flexibility index (Phi) is 8.07. The zero-order valence-corrected chi connectivity index (χ0v) is 20.9. The van der Waals surface area contributed by atoms with Gasteiger partial charge < -0.3 is 15.0 Å². The highest BCUT2D eigenvalue weighted by Gasteiger charge is 2.35. The van der Waals surface area contributed by atoms with Crippen LogP contribution in [0, 0.1) is 5.92 Å². The third-order valence-corrected chi connectivity index (χ3v) is 8.65. The van der Waals surface area contributed by atoms with Crippen molar-refractivity contribution in [2.75, 3.05) is 33.3 Å². The molecule has 188 valence electrons. The van der Waals surface area contributed by atoms with Crippen molar-refractivity contribution in [2.24, 2.45) is 5.92 Å². The maximum atomic E-state index is 13.3. The molecule has 2 unspecified atom stereocenters. The van der Waals surface area contributed by atoms with Crippen LogP contribution < -0.4 is 10.1 Å². The number of hydrogen-bond donors (Lipinski definition) is 1. The van der Waals surface area contributed by atoms with Gasteiger partial charge in [0.05, 0.1) is 17.9 Å². The molecule has 2 aromatic rings. The summed E-state index contributed by atoms with van der Waals surface area (Å²) < 4.78 is 32.9. The fourth-order valence-corrected chi connectivity index (χ4v) is 6.29. The Morgan fingerprint density at radius 2 is 1.69 bits per heavy atom. The van der Waals surface area contributed by atoms with Gasteiger partial charge in [0.1, 0.15) is 11.8 Å². The van der Waals surface area contributed by atoms with Crippen LogP contribution in [0.25, 0.3) is 0 Å². The molecule has 2 atom stereocenters. The van der Waals surface area contributed by atoms with Gasteiger partial charge in [0.15, 0.2) is 0 Å². The third kappa shape index (κ3) is 6.02. The molecule has 1 N–H and O–H groups in total. The summed E-state index contributed by atoms with van der Waals surface area (Å²) >= 11 is 0. The molecule has 0 aliphatic carbocycles. The van der Waals surface area contributed by atoms with Crippen molar-refractivity contribution >= 4 is 21.8 Å². The Hall–Kier alpha value is -2.91. The predicted octanol–water partition coefficient (Wildman–Crippen LogP) is 2.45. The number of carbonyl (C=O) groups excluding carboxylic acids is 2. The van der Waals surface area contributed by atoms with E-state index in [4.69, 9.17) is 4.74 Å². The molecule has 9 heteroatoms. The lowest BCUT2D eigenvalue weighted by atomic mass is 9.97. The minimum absolute atomic E-state index is 0.0711. The van der Waals surface area contributed by atoms with Gasteiger partial charge in [0, 0.05) is 32.6 Å². The Morgan fingerprint density at radius 3 is 2.34 bits per heavy atom. The molecule has 0 aromatic heterocycles. The van der Waals surface area contributed by atoms with E-state index >= 15 is 0 Å². The lowest BCUT2D eigenvalue weighted by Crippen LogP contribution is -2.53. The summed E-state index contributed by atoms with van der Waals surface area (Å²) in [5.41, 5.74) is 0.970. The van der Waals surface area contributed by atoms with Crippen LogP contribution in [0.5, 0.6) is 5.75 Å². The maximum absolute atomic E-state index is 13.3. The standard InChI is InChI=1S/C26H33N3O5S/c1-34-22-11-13-23(14-12-22)35(32,33)29-17-7-10-21(19-29)25(30)27-24(18-20-8-3-2-4-9-20)26(31)28-15-5-6-16-28/h2-4,8-9,11-14,21,24H,5-7,10,15-19H2,1H3,(H,27,30). The van der Waals surface area contributed by atoms with E-state index in [2.05, 4.69) is 5.32 Å². The number of carbonyl (C=O) groups is 2. The molecular formula is C26H33N3O5S.